The zero-order chi connectivity index (χ0) is 16.4. The van der Waals surface area contributed by atoms with Gasteiger partial charge in [0.15, 0.2) is 5.96 Å². The van der Waals surface area contributed by atoms with E-state index in [-0.39, 0.29) is 11.8 Å². The first-order valence-electron chi connectivity index (χ1n) is 7.84. The van der Waals surface area contributed by atoms with Gasteiger partial charge in [-0.15, -0.1) is 11.3 Å². The molecule has 0 atom stereocenters. The first kappa shape index (κ1) is 18.5. The zero-order valence-corrected chi connectivity index (χ0v) is 14.9. The Bertz CT molecular complexity index is 457. The summed E-state index contributed by atoms with van der Waals surface area (Å²) in [6.07, 6.45) is 1.02. The molecule has 0 radical (unpaired) electrons. The average molecular weight is 324 g/mol. The van der Waals surface area contributed by atoms with Crippen molar-refractivity contribution in [1.29, 1.82) is 0 Å². The van der Waals surface area contributed by atoms with Gasteiger partial charge in [-0.05, 0) is 24.8 Å². The van der Waals surface area contributed by atoms with E-state index in [2.05, 4.69) is 45.0 Å². The molecule has 6 heteroatoms. The number of amides is 1. The first-order chi connectivity index (χ1) is 10.5. The van der Waals surface area contributed by atoms with Gasteiger partial charge in [0.05, 0.1) is 6.54 Å². The molecule has 0 bridgehead atoms. The number of guanidine groups is 1. The number of aliphatic imine (C=N–C) groups is 1. The number of likely N-dealkylation sites (N-methyl/N-ethyl adjacent to an activating group) is 1. The van der Waals surface area contributed by atoms with Gasteiger partial charge in [-0.25, -0.2) is 0 Å². The fraction of sp³-hybridized carbons (Fsp3) is 0.625. The molecule has 0 aliphatic heterocycles. The monoisotopic (exact) mass is 324 g/mol. The van der Waals surface area contributed by atoms with Crippen molar-refractivity contribution in [1.82, 2.24) is 15.5 Å². The van der Waals surface area contributed by atoms with Crippen LogP contribution in [0.5, 0.6) is 0 Å². The molecular weight excluding hydrogens is 296 g/mol. The average Bonchev–Trinajstić information content (AvgIpc) is 3.00. The molecule has 0 unspecified atom stereocenters. The fourth-order valence-electron chi connectivity index (χ4n) is 1.85. The number of hydrogen-bond donors (Lipinski definition) is 2. The number of carbonyl (C=O) groups is 1. The highest BCUT2D eigenvalue weighted by Crippen LogP contribution is 2.09. The molecule has 1 amide bonds. The third-order valence-corrected chi connectivity index (χ3v) is 4.10. The molecule has 1 aromatic heterocycles. The molecule has 0 saturated heterocycles. The fourth-order valence-corrected chi connectivity index (χ4v) is 2.55. The largest absolute Gasteiger partial charge is 0.357 e. The summed E-state index contributed by atoms with van der Waals surface area (Å²) in [5.74, 6) is 0.981. The first-order valence-corrected chi connectivity index (χ1v) is 8.72. The summed E-state index contributed by atoms with van der Waals surface area (Å²) in [4.78, 5) is 19.6. The molecule has 2 N–H and O–H groups in total. The molecule has 0 fully saturated rings. The van der Waals surface area contributed by atoms with Crippen LogP contribution in [0.2, 0.25) is 0 Å². The Morgan fingerprint density at radius 3 is 2.77 bits per heavy atom. The van der Waals surface area contributed by atoms with E-state index in [0.717, 1.165) is 25.5 Å². The van der Waals surface area contributed by atoms with Crippen molar-refractivity contribution in [2.75, 3.05) is 33.2 Å². The van der Waals surface area contributed by atoms with Gasteiger partial charge in [0, 0.05) is 37.5 Å². The molecule has 0 aliphatic carbocycles. The van der Waals surface area contributed by atoms with E-state index in [4.69, 9.17) is 0 Å². The van der Waals surface area contributed by atoms with Crippen LogP contribution in [0.3, 0.4) is 0 Å². The minimum Gasteiger partial charge on any atom is -0.357 e. The third kappa shape index (κ3) is 6.93. The maximum atomic E-state index is 11.5. The van der Waals surface area contributed by atoms with Gasteiger partial charge in [-0.1, -0.05) is 19.9 Å². The summed E-state index contributed by atoms with van der Waals surface area (Å²) in [5.41, 5.74) is 0. The number of carbonyl (C=O) groups excluding carboxylic acids is 1. The van der Waals surface area contributed by atoms with Crippen molar-refractivity contribution < 1.29 is 4.79 Å². The lowest BCUT2D eigenvalue weighted by molar-refractivity contribution is -0.123. The molecule has 1 rings (SSSR count). The highest BCUT2D eigenvalue weighted by Gasteiger charge is 2.07. The van der Waals surface area contributed by atoms with Gasteiger partial charge >= 0.3 is 0 Å². The summed E-state index contributed by atoms with van der Waals surface area (Å²) in [7, 11) is 2.04. The van der Waals surface area contributed by atoms with Gasteiger partial charge in [0.1, 0.15) is 0 Å². The lowest BCUT2D eigenvalue weighted by Crippen LogP contribution is -2.40. The summed E-state index contributed by atoms with van der Waals surface area (Å²) in [6.45, 7) is 8.76. The number of nitrogens with zero attached hydrogens (tertiary/aromatic N) is 2. The van der Waals surface area contributed by atoms with Crippen LogP contribution < -0.4 is 10.6 Å². The third-order valence-electron chi connectivity index (χ3n) is 3.17. The van der Waals surface area contributed by atoms with Crippen molar-refractivity contribution >= 4 is 23.2 Å². The van der Waals surface area contributed by atoms with E-state index in [1.807, 2.05) is 20.9 Å². The van der Waals surface area contributed by atoms with E-state index in [0.29, 0.717) is 13.1 Å². The van der Waals surface area contributed by atoms with E-state index < -0.39 is 0 Å². The molecule has 0 saturated carbocycles. The highest BCUT2D eigenvalue weighted by molar-refractivity contribution is 7.09. The maximum absolute atomic E-state index is 11.5. The second-order valence-electron chi connectivity index (χ2n) is 5.43. The Balaban J connectivity index is 2.41. The minimum atomic E-state index is 0.0192. The lowest BCUT2D eigenvalue weighted by Gasteiger charge is -2.21. The van der Waals surface area contributed by atoms with Crippen LogP contribution in [-0.2, 0) is 11.2 Å². The van der Waals surface area contributed by atoms with Gasteiger partial charge in [-0.2, -0.15) is 0 Å². The number of hydrogen-bond acceptors (Lipinski definition) is 3. The lowest BCUT2D eigenvalue weighted by atomic mass is 10.2. The molecule has 1 heterocycles. The van der Waals surface area contributed by atoms with Crippen LogP contribution in [0.1, 0.15) is 25.6 Å². The molecule has 0 spiro atoms. The summed E-state index contributed by atoms with van der Waals surface area (Å²) >= 11 is 1.78. The Kier molecular flexibility index (Phi) is 8.58. The van der Waals surface area contributed by atoms with Crippen LogP contribution in [-0.4, -0.2) is 50.0 Å². The van der Waals surface area contributed by atoms with Crippen LogP contribution in [0.25, 0.3) is 0 Å². The Morgan fingerprint density at radius 2 is 2.18 bits per heavy atom. The molecule has 5 nitrogen and oxygen atoms in total. The van der Waals surface area contributed by atoms with Crippen molar-refractivity contribution in [3.05, 3.63) is 22.4 Å². The second-order valence-corrected chi connectivity index (χ2v) is 6.46. The standard InChI is InChI=1S/C16H28N4OS/c1-5-17-16(19-10-9-18-15(21)13(2)3)20(4)11-8-14-7-6-12-22-14/h6-7,12-13H,5,8-11H2,1-4H3,(H,17,19)(H,18,21). The van der Waals surface area contributed by atoms with Gasteiger partial charge in [-0.3, -0.25) is 9.79 Å². The smallest absolute Gasteiger partial charge is 0.222 e. The molecule has 0 aromatic carbocycles. The van der Waals surface area contributed by atoms with Crippen LogP contribution in [0, 0.1) is 5.92 Å². The Hall–Kier alpha value is -1.56. The van der Waals surface area contributed by atoms with Gasteiger partial charge < -0.3 is 15.5 Å². The van der Waals surface area contributed by atoms with E-state index in [1.165, 1.54) is 4.88 Å². The molecule has 0 aliphatic rings. The van der Waals surface area contributed by atoms with Crippen molar-refractivity contribution in [3.8, 4) is 0 Å². The number of rotatable bonds is 8. The molecule has 124 valence electrons. The van der Waals surface area contributed by atoms with E-state index in [1.54, 1.807) is 11.3 Å². The maximum Gasteiger partial charge on any atom is 0.222 e. The van der Waals surface area contributed by atoms with E-state index in [9.17, 15) is 4.79 Å². The second kappa shape index (κ2) is 10.2. The van der Waals surface area contributed by atoms with Crippen LogP contribution in [0.4, 0.5) is 0 Å². The summed E-state index contributed by atoms with van der Waals surface area (Å²) in [5, 5.41) is 8.28. The quantitative estimate of drug-likeness (QED) is 0.437. The van der Waals surface area contributed by atoms with Gasteiger partial charge in [0.25, 0.3) is 0 Å². The zero-order valence-electron chi connectivity index (χ0n) is 14.1. The van der Waals surface area contributed by atoms with Crippen LogP contribution in [0.15, 0.2) is 22.5 Å². The molecule has 22 heavy (non-hydrogen) atoms. The van der Waals surface area contributed by atoms with Crippen molar-refractivity contribution in [2.24, 2.45) is 10.9 Å². The van der Waals surface area contributed by atoms with Crippen molar-refractivity contribution in [3.63, 3.8) is 0 Å². The molecule has 1 aromatic rings. The van der Waals surface area contributed by atoms with Crippen molar-refractivity contribution in [2.45, 2.75) is 27.2 Å². The predicted octanol–water partition coefficient (Wildman–Crippen LogP) is 1.96. The Morgan fingerprint density at radius 1 is 1.41 bits per heavy atom. The predicted molar refractivity (Wildman–Crippen MR) is 94.5 cm³/mol. The topological polar surface area (TPSA) is 56.7 Å². The summed E-state index contributed by atoms with van der Waals surface area (Å²) < 4.78 is 0. The van der Waals surface area contributed by atoms with Crippen LogP contribution >= 0.6 is 11.3 Å². The highest BCUT2D eigenvalue weighted by atomic mass is 32.1. The van der Waals surface area contributed by atoms with E-state index >= 15 is 0 Å². The molecular formula is C16H28N4OS. The SMILES string of the molecule is CCNC(=NCCNC(=O)C(C)C)N(C)CCc1cccs1. The summed E-state index contributed by atoms with van der Waals surface area (Å²) in [6, 6.07) is 4.24. The number of thiophene rings is 1. The minimum absolute atomic E-state index is 0.0192. The van der Waals surface area contributed by atoms with Gasteiger partial charge in [0.2, 0.25) is 5.91 Å². The Labute approximate surface area is 137 Å². The number of nitrogens with one attached hydrogen (secondary N) is 2. The normalized spacial score (nSPS) is 11.6.